The Kier molecular flexibility index (Phi) is 6.70. The van der Waals surface area contributed by atoms with E-state index >= 15 is 0 Å². The molecular formula is C28H28N6O3. The molecule has 0 spiro atoms. The second-order valence-corrected chi connectivity index (χ2v) is 9.01. The molecule has 0 aliphatic rings. The van der Waals surface area contributed by atoms with Gasteiger partial charge in [0.15, 0.2) is 0 Å². The van der Waals surface area contributed by atoms with Crippen LogP contribution in [0.4, 0.5) is 17.2 Å². The highest BCUT2D eigenvalue weighted by molar-refractivity contribution is 5.98. The maximum absolute atomic E-state index is 12.4. The quantitative estimate of drug-likeness (QED) is 0.289. The normalized spacial score (nSPS) is 12.0. The molecule has 2 aromatic heterocycles. The van der Waals surface area contributed by atoms with E-state index in [-0.39, 0.29) is 11.8 Å². The van der Waals surface area contributed by atoms with Gasteiger partial charge in [0, 0.05) is 37.0 Å². The number of benzene rings is 3. The SMILES string of the molecule is COCC(C)C(=O)Nc1ccc2ncnc(Nc3ccc(Oc4ccc5c(c4)ncn5C)c(C)c3)c2c1. The number of nitrogens with zero attached hydrogens (tertiary/aromatic N) is 4. The zero-order valence-corrected chi connectivity index (χ0v) is 21.1. The number of anilines is 3. The topological polar surface area (TPSA) is 103 Å². The average molecular weight is 497 g/mol. The van der Waals surface area contributed by atoms with Crippen LogP contribution in [0.2, 0.25) is 0 Å². The van der Waals surface area contributed by atoms with Gasteiger partial charge in [-0.15, -0.1) is 0 Å². The molecule has 2 N–H and O–H groups in total. The van der Waals surface area contributed by atoms with Crippen LogP contribution in [0.1, 0.15) is 12.5 Å². The first kappa shape index (κ1) is 24.2. The molecule has 1 amide bonds. The van der Waals surface area contributed by atoms with Gasteiger partial charge in [-0.1, -0.05) is 6.92 Å². The molecule has 0 saturated carbocycles. The predicted molar refractivity (Wildman–Crippen MR) is 144 cm³/mol. The maximum Gasteiger partial charge on any atom is 0.229 e. The first-order chi connectivity index (χ1) is 17.9. The number of aryl methyl sites for hydroxylation is 2. The van der Waals surface area contributed by atoms with Crippen LogP contribution in [0.3, 0.4) is 0 Å². The van der Waals surface area contributed by atoms with Gasteiger partial charge in [-0.2, -0.15) is 0 Å². The lowest BCUT2D eigenvalue weighted by Crippen LogP contribution is -2.23. The third-order valence-electron chi connectivity index (χ3n) is 6.13. The Labute approximate surface area is 214 Å². The van der Waals surface area contributed by atoms with Gasteiger partial charge >= 0.3 is 0 Å². The molecule has 0 fully saturated rings. The van der Waals surface area contributed by atoms with Crippen LogP contribution in [0.25, 0.3) is 21.9 Å². The van der Waals surface area contributed by atoms with E-state index in [2.05, 4.69) is 25.6 Å². The van der Waals surface area contributed by atoms with E-state index in [1.807, 2.05) is 80.1 Å². The number of rotatable bonds is 8. The molecule has 0 radical (unpaired) electrons. The zero-order valence-electron chi connectivity index (χ0n) is 21.1. The van der Waals surface area contributed by atoms with Gasteiger partial charge in [0.25, 0.3) is 0 Å². The van der Waals surface area contributed by atoms with Crippen LogP contribution < -0.4 is 15.4 Å². The van der Waals surface area contributed by atoms with Crippen LogP contribution in [0, 0.1) is 12.8 Å². The summed E-state index contributed by atoms with van der Waals surface area (Å²) in [4.78, 5) is 25.6. The van der Waals surface area contributed by atoms with Crippen LogP contribution in [-0.4, -0.2) is 39.1 Å². The Morgan fingerprint density at radius 3 is 2.65 bits per heavy atom. The molecule has 0 saturated heterocycles. The maximum atomic E-state index is 12.4. The molecule has 188 valence electrons. The predicted octanol–water partition coefficient (Wildman–Crippen LogP) is 5.58. The smallest absolute Gasteiger partial charge is 0.229 e. The molecule has 9 nitrogen and oxygen atoms in total. The molecule has 1 unspecified atom stereocenters. The number of carbonyl (C=O) groups is 1. The third kappa shape index (κ3) is 5.22. The van der Waals surface area contributed by atoms with Crippen molar-refractivity contribution in [2.75, 3.05) is 24.4 Å². The van der Waals surface area contributed by atoms with E-state index in [4.69, 9.17) is 9.47 Å². The molecule has 1 atom stereocenters. The van der Waals surface area contributed by atoms with Crippen molar-refractivity contribution in [1.29, 1.82) is 0 Å². The molecule has 37 heavy (non-hydrogen) atoms. The summed E-state index contributed by atoms with van der Waals surface area (Å²) < 4.78 is 13.2. The molecule has 0 aliphatic heterocycles. The van der Waals surface area contributed by atoms with E-state index in [0.717, 1.165) is 44.7 Å². The number of hydrogen-bond donors (Lipinski definition) is 2. The zero-order chi connectivity index (χ0) is 25.9. The molecule has 3 aromatic carbocycles. The average Bonchev–Trinajstić information content (AvgIpc) is 3.26. The van der Waals surface area contributed by atoms with Gasteiger partial charge in [-0.3, -0.25) is 4.79 Å². The van der Waals surface area contributed by atoms with Gasteiger partial charge in [0.2, 0.25) is 5.91 Å². The summed E-state index contributed by atoms with van der Waals surface area (Å²) in [5.74, 6) is 1.75. The van der Waals surface area contributed by atoms with Gasteiger partial charge in [0.05, 0.1) is 35.4 Å². The fraction of sp³-hybridized carbons (Fsp3) is 0.214. The highest BCUT2D eigenvalue weighted by Gasteiger charge is 2.14. The Balaban J connectivity index is 1.35. The summed E-state index contributed by atoms with van der Waals surface area (Å²) in [6, 6.07) is 17.3. The minimum Gasteiger partial charge on any atom is -0.457 e. The van der Waals surface area contributed by atoms with Gasteiger partial charge in [-0.05, 0) is 61.0 Å². The van der Waals surface area contributed by atoms with E-state index in [1.54, 1.807) is 13.4 Å². The molecule has 5 aromatic rings. The Morgan fingerprint density at radius 2 is 1.84 bits per heavy atom. The highest BCUT2D eigenvalue weighted by Crippen LogP contribution is 2.31. The lowest BCUT2D eigenvalue weighted by Gasteiger charge is -2.14. The number of imidazole rings is 1. The van der Waals surface area contributed by atoms with E-state index in [9.17, 15) is 4.79 Å². The van der Waals surface area contributed by atoms with Gasteiger partial charge in [0.1, 0.15) is 23.6 Å². The van der Waals surface area contributed by atoms with Crippen molar-refractivity contribution in [3.05, 3.63) is 72.8 Å². The Morgan fingerprint density at radius 1 is 1.00 bits per heavy atom. The number of amides is 1. The summed E-state index contributed by atoms with van der Waals surface area (Å²) in [6.07, 6.45) is 3.30. The van der Waals surface area contributed by atoms with Crippen LogP contribution >= 0.6 is 0 Å². The minimum absolute atomic E-state index is 0.110. The van der Waals surface area contributed by atoms with Crippen molar-refractivity contribution in [3.8, 4) is 11.5 Å². The summed E-state index contributed by atoms with van der Waals surface area (Å²) in [5, 5.41) is 7.11. The minimum atomic E-state index is -0.264. The number of methoxy groups -OCH3 is 1. The number of aromatic nitrogens is 4. The van der Waals surface area contributed by atoms with Crippen LogP contribution in [-0.2, 0) is 16.6 Å². The summed E-state index contributed by atoms with van der Waals surface area (Å²) >= 11 is 0. The van der Waals surface area contributed by atoms with E-state index < -0.39 is 0 Å². The van der Waals surface area contributed by atoms with Crippen molar-refractivity contribution in [2.24, 2.45) is 13.0 Å². The molecule has 0 aliphatic carbocycles. The van der Waals surface area contributed by atoms with Crippen LogP contribution in [0.15, 0.2) is 67.3 Å². The third-order valence-corrected chi connectivity index (χ3v) is 6.13. The number of ether oxygens (including phenoxy) is 2. The second kappa shape index (κ2) is 10.2. The fourth-order valence-corrected chi connectivity index (χ4v) is 4.11. The van der Waals surface area contributed by atoms with Crippen LogP contribution in [0.5, 0.6) is 11.5 Å². The number of carbonyl (C=O) groups excluding carboxylic acids is 1. The lowest BCUT2D eigenvalue weighted by molar-refractivity contribution is -0.120. The Hall–Kier alpha value is -4.50. The lowest BCUT2D eigenvalue weighted by atomic mass is 10.1. The summed E-state index contributed by atoms with van der Waals surface area (Å²) in [6.45, 7) is 4.17. The molecule has 2 heterocycles. The first-order valence-corrected chi connectivity index (χ1v) is 11.9. The summed E-state index contributed by atoms with van der Waals surface area (Å²) in [5.41, 5.74) is 5.19. The second-order valence-electron chi connectivity index (χ2n) is 9.01. The number of hydrogen-bond acceptors (Lipinski definition) is 7. The van der Waals surface area contributed by atoms with Crippen molar-refractivity contribution >= 4 is 45.0 Å². The monoisotopic (exact) mass is 496 g/mol. The standard InChI is InChI=1S/C28H28N6O3/c1-17-11-19(6-10-26(17)37-21-7-9-25-24(13-21)31-16-34(25)3)32-27-22-12-20(5-8-23(22)29-15-30-27)33-28(35)18(2)14-36-4/h5-13,15-16,18H,14H2,1-4H3,(H,33,35)(H,29,30,32). The van der Waals surface area contributed by atoms with Crippen molar-refractivity contribution in [3.63, 3.8) is 0 Å². The van der Waals surface area contributed by atoms with Crippen molar-refractivity contribution < 1.29 is 14.3 Å². The van der Waals surface area contributed by atoms with Gasteiger partial charge < -0.3 is 24.7 Å². The van der Waals surface area contributed by atoms with Gasteiger partial charge in [-0.25, -0.2) is 15.0 Å². The van der Waals surface area contributed by atoms with E-state index in [1.165, 1.54) is 6.33 Å². The number of nitrogens with one attached hydrogen (secondary N) is 2. The van der Waals surface area contributed by atoms with Crippen molar-refractivity contribution in [1.82, 2.24) is 19.5 Å². The Bertz CT molecular complexity index is 1600. The van der Waals surface area contributed by atoms with Crippen molar-refractivity contribution in [2.45, 2.75) is 13.8 Å². The van der Waals surface area contributed by atoms with E-state index in [0.29, 0.717) is 18.1 Å². The highest BCUT2D eigenvalue weighted by atomic mass is 16.5. The molecule has 0 bridgehead atoms. The number of fused-ring (bicyclic) bond motifs is 2. The fourth-order valence-electron chi connectivity index (χ4n) is 4.11. The molecular weight excluding hydrogens is 468 g/mol. The summed E-state index contributed by atoms with van der Waals surface area (Å²) in [7, 11) is 3.54. The molecule has 9 heteroatoms. The molecule has 5 rings (SSSR count). The largest absolute Gasteiger partial charge is 0.457 e. The first-order valence-electron chi connectivity index (χ1n) is 11.9.